The molecule has 0 aliphatic rings. The molecule has 2 aromatic rings. The van der Waals surface area contributed by atoms with Gasteiger partial charge in [-0.3, -0.25) is 4.79 Å². The van der Waals surface area contributed by atoms with E-state index < -0.39 is 16.1 Å². The monoisotopic (exact) mass is 406 g/mol. The van der Waals surface area contributed by atoms with Gasteiger partial charge in [-0.1, -0.05) is 19.1 Å². The number of anilines is 1. The fourth-order valence-electron chi connectivity index (χ4n) is 2.34. The van der Waals surface area contributed by atoms with Crippen LogP contribution in [0.15, 0.2) is 53.4 Å². The van der Waals surface area contributed by atoms with Gasteiger partial charge in [-0.15, -0.1) is 0 Å². The van der Waals surface area contributed by atoms with Crippen molar-refractivity contribution in [3.8, 4) is 11.5 Å². The van der Waals surface area contributed by atoms with Crippen molar-refractivity contribution < 1.29 is 22.7 Å². The summed E-state index contributed by atoms with van der Waals surface area (Å²) in [5.41, 5.74) is 0.475. The van der Waals surface area contributed by atoms with Crippen LogP contribution in [0.2, 0.25) is 0 Å². The molecule has 0 fully saturated rings. The van der Waals surface area contributed by atoms with E-state index in [2.05, 4.69) is 10.0 Å². The number of para-hydroxylation sites is 2. The number of rotatable bonds is 9. The summed E-state index contributed by atoms with van der Waals surface area (Å²) in [5, 5.41) is 2.71. The minimum atomic E-state index is -3.58. The van der Waals surface area contributed by atoms with Crippen molar-refractivity contribution in [2.45, 2.75) is 44.2 Å². The van der Waals surface area contributed by atoms with Gasteiger partial charge in [0, 0.05) is 11.7 Å². The Morgan fingerprint density at radius 2 is 1.64 bits per heavy atom. The molecule has 152 valence electrons. The first-order valence-corrected chi connectivity index (χ1v) is 10.5. The maximum Gasteiger partial charge on any atom is 0.265 e. The molecule has 2 atom stereocenters. The van der Waals surface area contributed by atoms with Gasteiger partial charge in [0.2, 0.25) is 10.0 Å². The zero-order valence-corrected chi connectivity index (χ0v) is 17.2. The van der Waals surface area contributed by atoms with Crippen molar-refractivity contribution in [2.75, 3.05) is 12.4 Å². The SMILES string of the molecule is CCC(C)NS(=O)(=O)c1ccc(NC(=O)C(C)Oc2ccccc2OC)cc1. The van der Waals surface area contributed by atoms with Crippen molar-refractivity contribution in [3.05, 3.63) is 48.5 Å². The number of ether oxygens (including phenoxy) is 2. The zero-order valence-electron chi connectivity index (χ0n) is 16.4. The van der Waals surface area contributed by atoms with Crippen LogP contribution in [-0.4, -0.2) is 33.6 Å². The van der Waals surface area contributed by atoms with Gasteiger partial charge in [-0.05, 0) is 56.7 Å². The standard InChI is InChI=1S/C20H26N2O5S/c1-5-14(2)22-28(24,25)17-12-10-16(11-13-17)21-20(23)15(3)27-19-9-7-6-8-18(19)26-4/h6-15,22H,5H2,1-4H3,(H,21,23). The molecule has 2 rings (SSSR count). The highest BCUT2D eigenvalue weighted by molar-refractivity contribution is 7.89. The van der Waals surface area contributed by atoms with E-state index in [0.717, 1.165) is 0 Å². The Hall–Kier alpha value is -2.58. The van der Waals surface area contributed by atoms with Gasteiger partial charge in [-0.25, -0.2) is 13.1 Å². The Kier molecular flexibility index (Phi) is 7.42. The van der Waals surface area contributed by atoms with E-state index in [1.165, 1.54) is 19.2 Å². The molecule has 2 unspecified atom stereocenters. The van der Waals surface area contributed by atoms with Crippen LogP contribution in [0.3, 0.4) is 0 Å². The highest BCUT2D eigenvalue weighted by Crippen LogP contribution is 2.27. The molecular weight excluding hydrogens is 380 g/mol. The second-order valence-electron chi connectivity index (χ2n) is 6.36. The Morgan fingerprint density at radius 3 is 2.21 bits per heavy atom. The minimum Gasteiger partial charge on any atom is -0.493 e. The van der Waals surface area contributed by atoms with E-state index in [1.54, 1.807) is 44.2 Å². The lowest BCUT2D eigenvalue weighted by Gasteiger charge is -2.17. The third-order valence-electron chi connectivity index (χ3n) is 4.14. The van der Waals surface area contributed by atoms with E-state index in [9.17, 15) is 13.2 Å². The number of carbonyl (C=O) groups is 1. The quantitative estimate of drug-likeness (QED) is 0.667. The highest BCUT2D eigenvalue weighted by Gasteiger charge is 2.19. The summed E-state index contributed by atoms with van der Waals surface area (Å²) in [5.74, 6) is 0.634. The molecule has 0 bridgehead atoms. The van der Waals surface area contributed by atoms with Gasteiger partial charge >= 0.3 is 0 Å². The molecule has 8 heteroatoms. The molecule has 2 aromatic carbocycles. The maximum absolute atomic E-state index is 12.4. The van der Waals surface area contributed by atoms with E-state index >= 15 is 0 Å². The molecule has 0 saturated heterocycles. The summed E-state index contributed by atoms with van der Waals surface area (Å²) in [6.07, 6.45) is -0.0796. The Bertz CT molecular complexity index is 897. The zero-order chi connectivity index (χ0) is 20.7. The molecule has 2 N–H and O–H groups in total. The minimum absolute atomic E-state index is 0.143. The van der Waals surface area contributed by atoms with Crippen LogP contribution in [0.4, 0.5) is 5.69 Å². The molecule has 7 nitrogen and oxygen atoms in total. The van der Waals surface area contributed by atoms with Crippen LogP contribution in [0.5, 0.6) is 11.5 Å². The number of carbonyl (C=O) groups excluding carboxylic acids is 1. The van der Waals surface area contributed by atoms with Crippen LogP contribution in [-0.2, 0) is 14.8 Å². The predicted octanol–water partition coefficient (Wildman–Crippen LogP) is 3.18. The van der Waals surface area contributed by atoms with E-state index in [0.29, 0.717) is 23.6 Å². The number of nitrogens with one attached hydrogen (secondary N) is 2. The second kappa shape index (κ2) is 9.57. The highest BCUT2D eigenvalue weighted by atomic mass is 32.2. The fourth-order valence-corrected chi connectivity index (χ4v) is 3.66. The molecule has 0 aliphatic carbocycles. The van der Waals surface area contributed by atoms with Crippen LogP contribution >= 0.6 is 0 Å². The third-order valence-corrected chi connectivity index (χ3v) is 5.75. The molecule has 28 heavy (non-hydrogen) atoms. The molecular formula is C20H26N2O5S. The Morgan fingerprint density at radius 1 is 1.04 bits per heavy atom. The maximum atomic E-state index is 12.4. The van der Waals surface area contributed by atoms with Gasteiger partial charge < -0.3 is 14.8 Å². The van der Waals surface area contributed by atoms with Crippen LogP contribution in [0.1, 0.15) is 27.2 Å². The molecule has 0 radical (unpaired) electrons. The van der Waals surface area contributed by atoms with Gasteiger partial charge in [0.15, 0.2) is 17.6 Å². The van der Waals surface area contributed by atoms with Gasteiger partial charge in [0.25, 0.3) is 5.91 Å². The van der Waals surface area contributed by atoms with Crippen molar-refractivity contribution in [1.29, 1.82) is 0 Å². The van der Waals surface area contributed by atoms with Crippen molar-refractivity contribution in [1.82, 2.24) is 4.72 Å². The lowest BCUT2D eigenvalue weighted by atomic mass is 10.3. The summed E-state index contributed by atoms with van der Waals surface area (Å²) < 4.78 is 38.0. The van der Waals surface area contributed by atoms with E-state index in [-0.39, 0.29) is 16.8 Å². The van der Waals surface area contributed by atoms with Gasteiger partial charge in [0.05, 0.1) is 12.0 Å². The Balaban J connectivity index is 2.02. The van der Waals surface area contributed by atoms with Gasteiger partial charge in [-0.2, -0.15) is 0 Å². The largest absolute Gasteiger partial charge is 0.493 e. The average molecular weight is 407 g/mol. The second-order valence-corrected chi connectivity index (χ2v) is 8.07. The topological polar surface area (TPSA) is 93.7 Å². The van der Waals surface area contributed by atoms with Crippen molar-refractivity contribution >= 4 is 21.6 Å². The van der Waals surface area contributed by atoms with Crippen molar-refractivity contribution in [3.63, 3.8) is 0 Å². The first kappa shape index (κ1) is 21.7. The van der Waals surface area contributed by atoms with Crippen LogP contribution < -0.4 is 19.5 Å². The summed E-state index contributed by atoms with van der Waals surface area (Å²) in [4.78, 5) is 12.5. The average Bonchev–Trinajstić information content (AvgIpc) is 2.68. The molecule has 0 aliphatic heterocycles. The number of sulfonamides is 1. The fraction of sp³-hybridized carbons (Fsp3) is 0.350. The summed E-state index contributed by atoms with van der Waals surface area (Å²) >= 11 is 0. The van der Waals surface area contributed by atoms with Crippen LogP contribution in [0.25, 0.3) is 0 Å². The first-order chi connectivity index (χ1) is 13.3. The lowest BCUT2D eigenvalue weighted by Crippen LogP contribution is -2.32. The molecule has 0 saturated carbocycles. The van der Waals surface area contributed by atoms with Gasteiger partial charge in [0.1, 0.15) is 0 Å². The number of methoxy groups -OCH3 is 1. The van der Waals surface area contributed by atoms with Crippen molar-refractivity contribution in [2.24, 2.45) is 0 Å². The van der Waals surface area contributed by atoms with E-state index in [4.69, 9.17) is 9.47 Å². The number of hydrogen-bond acceptors (Lipinski definition) is 5. The first-order valence-electron chi connectivity index (χ1n) is 8.99. The normalized spacial score (nSPS) is 13.4. The third kappa shape index (κ3) is 5.71. The molecule has 0 aromatic heterocycles. The number of amides is 1. The van der Waals surface area contributed by atoms with Crippen LogP contribution in [0, 0.1) is 0 Å². The summed E-state index contributed by atoms with van der Waals surface area (Å²) in [7, 11) is -2.06. The lowest BCUT2D eigenvalue weighted by molar-refractivity contribution is -0.122. The smallest absolute Gasteiger partial charge is 0.265 e. The number of hydrogen-bond donors (Lipinski definition) is 2. The van der Waals surface area contributed by atoms with E-state index in [1.807, 2.05) is 13.0 Å². The summed E-state index contributed by atoms with van der Waals surface area (Å²) in [6.45, 7) is 5.33. The predicted molar refractivity (Wildman–Crippen MR) is 108 cm³/mol. The molecule has 0 spiro atoms. The summed E-state index contributed by atoms with van der Waals surface area (Å²) in [6, 6.07) is 12.9. The number of benzene rings is 2. The molecule has 0 heterocycles. The molecule has 1 amide bonds. The Labute approximate surface area is 166 Å².